The summed E-state index contributed by atoms with van der Waals surface area (Å²) >= 11 is 0. The predicted octanol–water partition coefficient (Wildman–Crippen LogP) is 3.62. The van der Waals surface area contributed by atoms with Gasteiger partial charge in [0.15, 0.2) is 0 Å². The van der Waals surface area contributed by atoms with Crippen LogP contribution in [0.2, 0.25) is 0 Å². The van der Waals surface area contributed by atoms with E-state index in [0.29, 0.717) is 23.4 Å². The molecule has 0 aliphatic carbocycles. The van der Waals surface area contributed by atoms with E-state index >= 15 is 0 Å². The van der Waals surface area contributed by atoms with Gasteiger partial charge in [-0.25, -0.2) is 0 Å². The molecule has 27 heavy (non-hydrogen) atoms. The van der Waals surface area contributed by atoms with Gasteiger partial charge in [-0.3, -0.25) is 19.8 Å². The van der Waals surface area contributed by atoms with E-state index in [9.17, 15) is 14.9 Å². The maximum Gasteiger partial charge on any atom is 0.274 e. The Morgan fingerprint density at radius 2 is 1.93 bits per heavy atom. The summed E-state index contributed by atoms with van der Waals surface area (Å²) in [4.78, 5) is 25.1. The van der Waals surface area contributed by atoms with Crippen molar-refractivity contribution in [1.82, 2.24) is 4.90 Å². The first-order chi connectivity index (χ1) is 12.8. The molecule has 7 nitrogen and oxygen atoms in total. The van der Waals surface area contributed by atoms with Crippen molar-refractivity contribution in [2.75, 3.05) is 11.9 Å². The summed E-state index contributed by atoms with van der Waals surface area (Å²) in [7, 11) is 0. The van der Waals surface area contributed by atoms with Gasteiger partial charge < -0.3 is 5.32 Å². The van der Waals surface area contributed by atoms with Crippen LogP contribution in [-0.2, 0) is 11.3 Å². The summed E-state index contributed by atoms with van der Waals surface area (Å²) in [6, 6.07) is 14.1. The van der Waals surface area contributed by atoms with Crippen LogP contribution in [0.4, 0.5) is 11.4 Å². The number of anilines is 1. The van der Waals surface area contributed by atoms with E-state index in [1.54, 1.807) is 31.2 Å². The molecule has 2 rings (SSSR count). The Kier molecular flexibility index (Phi) is 6.63. The zero-order chi connectivity index (χ0) is 20.0. The van der Waals surface area contributed by atoms with Crippen molar-refractivity contribution in [3.63, 3.8) is 0 Å². The number of carbonyl (C=O) groups excluding carboxylic acids is 1. The van der Waals surface area contributed by atoms with Crippen LogP contribution in [0.25, 0.3) is 0 Å². The van der Waals surface area contributed by atoms with Crippen LogP contribution in [0.5, 0.6) is 0 Å². The quantitative estimate of drug-likeness (QED) is 0.596. The van der Waals surface area contributed by atoms with E-state index in [-0.39, 0.29) is 24.2 Å². The van der Waals surface area contributed by atoms with Crippen molar-refractivity contribution in [3.05, 3.63) is 69.3 Å². The van der Waals surface area contributed by atoms with Crippen LogP contribution in [0.1, 0.15) is 30.5 Å². The molecule has 2 aromatic rings. The number of nitriles is 1. The molecule has 140 valence electrons. The zero-order valence-electron chi connectivity index (χ0n) is 15.6. The third-order valence-electron chi connectivity index (χ3n) is 4.32. The van der Waals surface area contributed by atoms with E-state index in [1.165, 1.54) is 6.07 Å². The highest BCUT2D eigenvalue weighted by atomic mass is 16.6. The lowest BCUT2D eigenvalue weighted by atomic mass is 10.1. The number of benzene rings is 2. The lowest BCUT2D eigenvalue weighted by Crippen LogP contribution is -2.37. The molecular weight excluding hydrogens is 344 g/mol. The van der Waals surface area contributed by atoms with Crippen molar-refractivity contribution >= 4 is 17.3 Å². The van der Waals surface area contributed by atoms with E-state index in [0.717, 1.165) is 5.56 Å². The fraction of sp³-hybridized carbons (Fsp3) is 0.300. The van der Waals surface area contributed by atoms with Gasteiger partial charge in [-0.05, 0) is 44.5 Å². The average molecular weight is 366 g/mol. The van der Waals surface area contributed by atoms with Crippen LogP contribution >= 0.6 is 0 Å². The van der Waals surface area contributed by atoms with Crippen molar-refractivity contribution in [3.8, 4) is 6.07 Å². The van der Waals surface area contributed by atoms with Crippen LogP contribution in [-0.4, -0.2) is 28.3 Å². The molecule has 0 radical (unpaired) electrons. The third kappa shape index (κ3) is 5.36. The molecule has 0 fully saturated rings. The van der Waals surface area contributed by atoms with Gasteiger partial charge in [-0.15, -0.1) is 0 Å². The molecule has 0 bridgehead atoms. The maximum atomic E-state index is 12.5. The molecule has 0 aliphatic rings. The van der Waals surface area contributed by atoms with Gasteiger partial charge in [-0.1, -0.05) is 18.2 Å². The number of hydrogen-bond acceptors (Lipinski definition) is 5. The maximum absolute atomic E-state index is 12.5. The summed E-state index contributed by atoms with van der Waals surface area (Å²) in [6.45, 7) is 6.32. The molecule has 0 atom stereocenters. The standard InChI is InChI=1S/C20H22N4O3/c1-14(2)23(12-17-9-7-16(11-21)8-10-17)13-20(25)22-18-5-4-6-19(15(18)3)24(26)27/h4-10,14H,12-13H2,1-3H3,(H,22,25). The van der Waals surface area contributed by atoms with Gasteiger partial charge in [0, 0.05) is 18.7 Å². The van der Waals surface area contributed by atoms with Gasteiger partial charge in [0.2, 0.25) is 5.91 Å². The molecular formula is C20H22N4O3. The first-order valence-corrected chi connectivity index (χ1v) is 8.58. The summed E-state index contributed by atoms with van der Waals surface area (Å²) in [5.41, 5.74) is 2.44. The highest BCUT2D eigenvalue weighted by molar-refractivity contribution is 5.93. The van der Waals surface area contributed by atoms with Gasteiger partial charge in [0.1, 0.15) is 0 Å². The molecule has 0 aromatic heterocycles. The number of nitro benzene ring substituents is 1. The summed E-state index contributed by atoms with van der Waals surface area (Å²) < 4.78 is 0. The highest BCUT2D eigenvalue weighted by Crippen LogP contribution is 2.25. The average Bonchev–Trinajstić information content (AvgIpc) is 2.63. The van der Waals surface area contributed by atoms with Crippen molar-refractivity contribution in [2.24, 2.45) is 0 Å². The number of carbonyl (C=O) groups is 1. The Labute approximate surface area is 158 Å². The van der Waals surface area contributed by atoms with Gasteiger partial charge in [0.05, 0.1) is 34.4 Å². The molecule has 0 heterocycles. The lowest BCUT2D eigenvalue weighted by molar-refractivity contribution is -0.385. The van der Waals surface area contributed by atoms with Crippen LogP contribution in [0, 0.1) is 28.4 Å². The minimum absolute atomic E-state index is 0.0221. The smallest absolute Gasteiger partial charge is 0.274 e. The largest absolute Gasteiger partial charge is 0.324 e. The molecule has 0 saturated heterocycles. The van der Waals surface area contributed by atoms with Gasteiger partial charge in [0.25, 0.3) is 5.69 Å². The second-order valence-corrected chi connectivity index (χ2v) is 6.56. The molecule has 0 unspecified atom stereocenters. The number of nitrogens with one attached hydrogen (secondary N) is 1. The predicted molar refractivity (Wildman–Crippen MR) is 103 cm³/mol. The Balaban J connectivity index is 2.08. The fourth-order valence-corrected chi connectivity index (χ4v) is 2.67. The number of nitro groups is 1. The van der Waals surface area contributed by atoms with E-state index in [2.05, 4.69) is 11.4 Å². The van der Waals surface area contributed by atoms with Crippen molar-refractivity contribution < 1.29 is 9.72 Å². The Bertz CT molecular complexity index is 870. The SMILES string of the molecule is Cc1c(NC(=O)CN(Cc2ccc(C#N)cc2)C(C)C)cccc1[N+](=O)[O-]. The van der Waals surface area contributed by atoms with Gasteiger partial charge >= 0.3 is 0 Å². The summed E-state index contributed by atoms with van der Waals surface area (Å²) in [5, 5.41) is 22.7. The topological polar surface area (TPSA) is 99.3 Å². The molecule has 1 amide bonds. The first kappa shape index (κ1) is 20.1. The zero-order valence-corrected chi connectivity index (χ0v) is 15.6. The molecule has 0 spiro atoms. The van der Waals surface area contributed by atoms with E-state index in [4.69, 9.17) is 5.26 Å². The Hall–Kier alpha value is -3.24. The second kappa shape index (κ2) is 8.92. The van der Waals surface area contributed by atoms with Crippen LogP contribution in [0.3, 0.4) is 0 Å². The Morgan fingerprint density at radius 1 is 1.26 bits per heavy atom. The molecule has 2 aromatic carbocycles. The van der Waals surface area contributed by atoms with E-state index < -0.39 is 4.92 Å². The van der Waals surface area contributed by atoms with E-state index in [1.807, 2.05) is 30.9 Å². The summed E-state index contributed by atoms with van der Waals surface area (Å²) in [5.74, 6) is -0.235. The van der Waals surface area contributed by atoms with Crippen molar-refractivity contribution in [1.29, 1.82) is 5.26 Å². The minimum Gasteiger partial charge on any atom is -0.324 e. The number of hydrogen-bond donors (Lipinski definition) is 1. The highest BCUT2D eigenvalue weighted by Gasteiger charge is 2.18. The first-order valence-electron chi connectivity index (χ1n) is 8.58. The number of amides is 1. The lowest BCUT2D eigenvalue weighted by Gasteiger charge is -2.26. The number of nitrogens with zero attached hydrogens (tertiary/aromatic N) is 3. The van der Waals surface area contributed by atoms with Crippen LogP contribution < -0.4 is 5.32 Å². The normalized spacial score (nSPS) is 10.7. The van der Waals surface area contributed by atoms with Gasteiger partial charge in [-0.2, -0.15) is 5.26 Å². The minimum atomic E-state index is -0.462. The second-order valence-electron chi connectivity index (χ2n) is 6.56. The monoisotopic (exact) mass is 366 g/mol. The molecule has 7 heteroatoms. The van der Waals surface area contributed by atoms with Crippen molar-refractivity contribution in [2.45, 2.75) is 33.4 Å². The molecule has 0 aliphatic heterocycles. The third-order valence-corrected chi connectivity index (χ3v) is 4.32. The summed E-state index contributed by atoms with van der Waals surface area (Å²) in [6.07, 6.45) is 0. The number of rotatable bonds is 7. The van der Waals surface area contributed by atoms with Crippen LogP contribution in [0.15, 0.2) is 42.5 Å². The molecule has 1 N–H and O–H groups in total. The Morgan fingerprint density at radius 3 is 2.48 bits per heavy atom. The fourth-order valence-electron chi connectivity index (χ4n) is 2.67. The molecule has 0 saturated carbocycles.